The number of piperidine rings is 1. The predicted octanol–water partition coefficient (Wildman–Crippen LogP) is 6.22. The smallest absolute Gasteiger partial charge is 0.337 e. The molecule has 1 saturated heterocycles. The van der Waals surface area contributed by atoms with Crippen LogP contribution in [0.2, 0.25) is 5.15 Å². The lowest BCUT2D eigenvalue weighted by Gasteiger charge is -2.36. The first-order valence-corrected chi connectivity index (χ1v) is 13.5. The zero-order valence-corrected chi connectivity index (χ0v) is 22.8. The van der Waals surface area contributed by atoms with Gasteiger partial charge in [0.15, 0.2) is 17.3 Å². The van der Waals surface area contributed by atoms with Gasteiger partial charge in [0, 0.05) is 37.0 Å². The van der Waals surface area contributed by atoms with Gasteiger partial charge in [0.05, 0.1) is 29.1 Å². The first kappa shape index (κ1) is 28.7. The number of pyridine rings is 1. The number of alkyl halides is 3. The van der Waals surface area contributed by atoms with E-state index in [4.69, 9.17) is 11.6 Å². The van der Waals surface area contributed by atoms with Crippen LogP contribution in [0, 0.1) is 17.5 Å². The molecule has 7 nitrogen and oxygen atoms in total. The van der Waals surface area contributed by atoms with Crippen LogP contribution < -0.4 is 4.90 Å². The number of carbonyl (C=O) groups is 2. The van der Waals surface area contributed by atoms with Gasteiger partial charge in [0.25, 0.3) is 5.91 Å². The van der Waals surface area contributed by atoms with Crippen LogP contribution in [0.5, 0.6) is 0 Å². The quantitative estimate of drug-likeness (QED) is 0.201. The van der Waals surface area contributed by atoms with E-state index >= 15 is 0 Å². The number of nitrogens with zero attached hydrogens (tertiary/aromatic N) is 5. The molecular weight excluding hydrogens is 600 g/mol. The standard InChI is InChI=1S/C29H20ClF6N5O2/c30-24-6-2-16(14-37-24)23-13-22(38-41(23)18-3-4-19(21(32)12-18)29(34,35)36)28(43)39-9-7-17(8-10-39)40-25(42)11-15-1-5-20(31)26(33)27(15)40/h1-6,12-14,17H,7-11H2. The molecule has 14 heteroatoms. The number of anilines is 1. The van der Waals surface area contributed by atoms with Gasteiger partial charge in [0.1, 0.15) is 11.0 Å². The summed E-state index contributed by atoms with van der Waals surface area (Å²) in [5.74, 6) is -4.52. The summed E-state index contributed by atoms with van der Waals surface area (Å²) >= 11 is 5.89. The molecule has 0 unspecified atom stereocenters. The third kappa shape index (κ3) is 5.22. The van der Waals surface area contributed by atoms with Gasteiger partial charge < -0.3 is 9.80 Å². The van der Waals surface area contributed by atoms with Crippen molar-refractivity contribution in [2.75, 3.05) is 18.0 Å². The Morgan fingerprint density at radius 3 is 2.35 bits per heavy atom. The molecule has 0 radical (unpaired) electrons. The second kappa shape index (κ2) is 10.7. The van der Waals surface area contributed by atoms with Crippen LogP contribution in [0.4, 0.5) is 32.0 Å². The normalized spacial score (nSPS) is 15.7. The number of likely N-dealkylation sites (tertiary alicyclic amines) is 1. The SMILES string of the molecule is O=C(c1cc(-c2ccc(Cl)nc2)n(-c2ccc(C(F)(F)F)c(F)c2)n1)N1CCC(N2C(=O)Cc3ccc(F)c(F)c32)CC1. The highest BCUT2D eigenvalue weighted by Gasteiger charge is 2.39. The zero-order chi connectivity index (χ0) is 30.6. The van der Waals surface area contributed by atoms with Gasteiger partial charge in [-0.25, -0.2) is 22.8 Å². The molecule has 2 amide bonds. The minimum Gasteiger partial charge on any atom is -0.337 e. The number of hydrogen-bond acceptors (Lipinski definition) is 4. The van der Waals surface area contributed by atoms with E-state index in [1.54, 1.807) is 6.07 Å². The molecular formula is C29H20ClF6N5O2. The van der Waals surface area contributed by atoms with Crippen LogP contribution in [-0.4, -0.2) is 50.6 Å². The summed E-state index contributed by atoms with van der Waals surface area (Å²) in [5.41, 5.74) is -0.587. The molecule has 0 N–H and O–H groups in total. The minimum absolute atomic E-state index is 0.0456. The van der Waals surface area contributed by atoms with Crippen molar-refractivity contribution in [1.82, 2.24) is 19.7 Å². The molecule has 6 rings (SSSR count). The van der Waals surface area contributed by atoms with Crippen molar-refractivity contribution in [2.24, 2.45) is 0 Å². The molecule has 1 fully saturated rings. The maximum Gasteiger partial charge on any atom is 0.419 e. The Hall–Kier alpha value is -4.39. The highest BCUT2D eigenvalue weighted by Crippen LogP contribution is 2.37. The van der Waals surface area contributed by atoms with Crippen LogP contribution in [0.25, 0.3) is 16.9 Å². The fourth-order valence-electron chi connectivity index (χ4n) is 5.51. The highest BCUT2D eigenvalue weighted by molar-refractivity contribution is 6.29. The topological polar surface area (TPSA) is 71.3 Å². The molecule has 0 bridgehead atoms. The van der Waals surface area contributed by atoms with Gasteiger partial charge in [-0.1, -0.05) is 17.7 Å². The Morgan fingerprint density at radius 2 is 1.70 bits per heavy atom. The largest absolute Gasteiger partial charge is 0.419 e. The molecule has 222 valence electrons. The average Bonchev–Trinajstić information content (AvgIpc) is 3.56. The second-order valence-corrected chi connectivity index (χ2v) is 10.6. The molecule has 0 aliphatic carbocycles. The lowest BCUT2D eigenvalue weighted by atomic mass is 10.0. The van der Waals surface area contributed by atoms with Crippen molar-refractivity contribution in [2.45, 2.75) is 31.5 Å². The van der Waals surface area contributed by atoms with Gasteiger partial charge in [-0.05, 0) is 54.8 Å². The van der Waals surface area contributed by atoms with Crippen molar-refractivity contribution in [1.29, 1.82) is 0 Å². The van der Waals surface area contributed by atoms with Crippen LogP contribution in [-0.2, 0) is 17.4 Å². The monoisotopic (exact) mass is 619 g/mol. The summed E-state index contributed by atoms with van der Waals surface area (Å²) in [6.45, 7) is 0.332. The number of carbonyl (C=O) groups excluding carboxylic acids is 2. The molecule has 4 heterocycles. The number of fused-ring (bicyclic) bond motifs is 1. The van der Waals surface area contributed by atoms with Gasteiger partial charge >= 0.3 is 6.18 Å². The molecule has 2 aromatic carbocycles. The van der Waals surface area contributed by atoms with Crippen LogP contribution in [0.1, 0.15) is 34.5 Å². The second-order valence-electron chi connectivity index (χ2n) is 10.2. The van der Waals surface area contributed by atoms with E-state index in [0.29, 0.717) is 23.3 Å². The average molecular weight is 620 g/mol. The summed E-state index contributed by atoms with van der Waals surface area (Å²) in [7, 11) is 0. The third-order valence-corrected chi connectivity index (χ3v) is 7.80. The van der Waals surface area contributed by atoms with Gasteiger partial charge in [-0.15, -0.1) is 0 Å². The zero-order valence-electron chi connectivity index (χ0n) is 22.0. The first-order valence-electron chi connectivity index (χ1n) is 13.1. The van der Waals surface area contributed by atoms with E-state index in [9.17, 15) is 35.9 Å². The molecule has 43 heavy (non-hydrogen) atoms. The number of hydrogen-bond donors (Lipinski definition) is 0. The molecule has 4 aromatic rings. The van der Waals surface area contributed by atoms with Crippen molar-refractivity contribution >= 4 is 29.1 Å². The fourth-order valence-corrected chi connectivity index (χ4v) is 5.62. The molecule has 0 spiro atoms. The number of amides is 2. The van der Waals surface area contributed by atoms with E-state index in [1.807, 2.05) is 0 Å². The van der Waals surface area contributed by atoms with Gasteiger partial charge in [0.2, 0.25) is 5.91 Å². The number of benzene rings is 2. The summed E-state index contributed by atoms with van der Waals surface area (Å²) in [5, 5.41) is 4.49. The maximum absolute atomic E-state index is 14.6. The number of rotatable bonds is 4. The predicted molar refractivity (Wildman–Crippen MR) is 143 cm³/mol. The lowest BCUT2D eigenvalue weighted by molar-refractivity contribution is -0.140. The third-order valence-electron chi connectivity index (χ3n) is 7.57. The Labute approximate surface area is 245 Å². The lowest BCUT2D eigenvalue weighted by Crippen LogP contribution is -2.48. The van der Waals surface area contributed by atoms with E-state index in [-0.39, 0.29) is 66.2 Å². The Bertz CT molecular complexity index is 1750. The van der Waals surface area contributed by atoms with E-state index in [0.717, 1.165) is 16.8 Å². The number of aromatic nitrogens is 3. The summed E-state index contributed by atoms with van der Waals surface area (Å²) < 4.78 is 83.6. The maximum atomic E-state index is 14.6. The van der Waals surface area contributed by atoms with E-state index < -0.39 is 41.1 Å². The Balaban J connectivity index is 1.27. The van der Waals surface area contributed by atoms with E-state index in [2.05, 4.69) is 10.1 Å². The molecule has 2 aliphatic heterocycles. The van der Waals surface area contributed by atoms with Crippen LogP contribution >= 0.6 is 11.6 Å². The van der Waals surface area contributed by atoms with Gasteiger partial charge in [-0.3, -0.25) is 9.59 Å². The van der Waals surface area contributed by atoms with Crippen LogP contribution in [0.3, 0.4) is 0 Å². The number of halogens is 7. The molecule has 0 atom stereocenters. The molecule has 0 saturated carbocycles. The van der Waals surface area contributed by atoms with Crippen molar-refractivity contribution < 1.29 is 35.9 Å². The fraction of sp³-hybridized carbons (Fsp3) is 0.241. The van der Waals surface area contributed by atoms with Gasteiger partial charge in [-0.2, -0.15) is 18.3 Å². The van der Waals surface area contributed by atoms with Crippen molar-refractivity contribution in [3.8, 4) is 16.9 Å². The first-order chi connectivity index (χ1) is 20.4. The molecule has 2 aliphatic rings. The van der Waals surface area contributed by atoms with Crippen molar-refractivity contribution in [3.63, 3.8) is 0 Å². The van der Waals surface area contributed by atoms with Crippen molar-refractivity contribution in [3.05, 3.63) is 94.2 Å². The summed E-state index contributed by atoms with van der Waals surface area (Å²) in [6.07, 6.45) is -3.00. The van der Waals surface area contributed by atoms with E-state index in [1.165, 1.54) is 34.2 Å². The minimum atomic E-state index is -4.90. The highest BCUT2D eigenvalue weighted by atomic mass is 35.5. The Morgan fingerprint density at radius 1 is 0.953 bits per heavy atom. The van der Waals surface area contributed by atoms with Crippen LogP contribution in [0.15, 0.2) is 54.7 Å². The summed E-state index contributed by atoms with van der Waals surface area (Å²) in [6, 6.07) is 8.67. The Kier molecular flexibility index (Phi) is 7.15. The summed E-state index contributed by atoms with van der Waals surface area (Å²) in [4.78, 5) is 33.0. The molecule has 2 aromatic heterocycles.